The minimum absolute atomic E-state index is 0.0658. The predicted molar refractivity (Wildman–Crippen MR) is 64.1 cm³/mol. The van der Waals surface area contributed by atoms with Crippen LogP contribution in [-0.4, -0.2) is 18.0 Å². The van der Waals surface area contributed by atoms with Gasteiger partial charge >= 0.3 is 0 Å². The second kappa shape index (κ2) is 5.01. The Labute approximate surface area is 103 Å². The van der Waals surface area contributed by atoms with Crippen molar-refractivity contribution in [2.45, 2.75) is 37.8 Å². The summed E-state index contributed by atoms with van der Waals surface area (Å²) in [7, 11) is 0. The molecule has 88 valence electrons. The molecule has 1 heterocycles. The van der Waals surface area contributed by atoms with E-state index in [-0.39, 0.29) is 18.0 Å². The number of carbonyl (C=O) groups is 1. The molecular formula is C11H15BrN2O2. The van der Waals surface area contributed by atoms with Crippen LogP contribution in [0.1, 0.15) is 36.2 Å². The normalized spacial score (nSPS) is 25.4. The van der Waals surface area contributed by atoms with E-state index in [2.05, 4.69) is 21.2 Å². The van der Waals surface area contributed by atoms with Crippen LogP contribution in [-0.2, 0) is 0 Å². The lowest BCUT2D eigenvalue weighted by Gasteiger charge is -2.28. The standard InChI is InChI=1S/C11H15BrN2O2/c12-10-6-5-9(16-10)11(15)14-8-4-2-1-3-7(8)13/h5-8H,1-4,13H2,(H,14,15). The maximum atomic E-state index is 11.8. The Balaban J connectivity index is 1.96. The second-order valence-corrected chi connectivity index (χ2v) is 4.91. The zero-order valence-electron chi connectivity index (χ0n) is 8.91. The third kappa shape index (κ3) is 2.65. The number of hydrogen-bond donors (Lipinski definition) is 2. The molecule has 0 aromatic carbocycles. The van der Waals surface area contributed by atoms with Gasteiger partial charge in [0.25, 0.3) is 5.91 Å². The molecule has 3 N–H and O–H groups in total. The van der Waals surface area contributed by atoms with E-state index in [1.54, 1.807) is 12.1 Å². The third-order valence-corrected chi connectivity index (χ3v) is 3.36. The smallest absolute Gasteiger partial charge is 0.287 e. The van der Waals surface area contributed by atoms with Gasteiger partial charge in [-0.2, -0.15) is 0 Å². The summed E-state index contributed by atoms with van der Waals surface area (Å²) in [4.78, 5) is 11.8. The fraction of sp³-hybridized carbons (Fsp3) is 0.545. The Bertz CT molecular complexity index is 378. The number of halogens is 1. The molecule has 1 saturated carbocycles. The van der Waals surface area contributed by atoms with Crippen LogP contribution in [0.3, 0.4) is 0 Å². The van der Waals surface area contributed by atoms with Gasteiger partial charge in [-0.3, -0.25) is 4.79 Å². The summed E-state index contributed by atoms with van der Waals surface area (Å²) in [5.74, 6) is 0.137. The van der Waals surface area contributed by atoms with Crippen molar-refractivity contribution in [1.82, 2.24) is 5.32 Å². The van der Waals surface area contributed by atoms with Crippen molar-refractivity contribution in [3.05, 3.63) is 22.6 Å². The van der Waals surface area contributed by atoms with Gasteiger partial charge in [0.1, 0.15) is 0 Å². The minimum Gasteiger partial charge on any atom is -0.444 e. The summed E-state index contributed by atoms with van der Waals surface area (Å²) in [6.45, 7) is 0. The van der Waals surface area contributed by atoms with Gasteiger partial charge in [-0.25, -0.2) is 0 Å². The van der Waals surface area contributed by atoms with Gasteiger partial charge in [-0.15, -0.1) is 0 Å². The molecule has 2 atom stereocenters. The van der Waals surface area contributed by atoms with Crippen LogP contribution < -0.4 is 11.1 Å². The summed E-state index contributed by atoms with van der Waals surface area (Å²) >= 11 is 3.17. The first kappa shape index (κ1) is 11.7. The Morgan fingerprint density at radius 3 is 2.81 bits per heavy atom. The van der Waals surface area contributed by atoms with E-state index in [9.17, 15) is 4.79 Å². The van der Waals surface area contributed by atoms with E-state index in [0.29, 0.717) is 10.4 Å². The van der Waals surface area contributed by atoms with Crippen LogP contribution in [0.4, 0.5) is 0 Å². The van der Waals surface area contributed by atoms with E-state index in [1.807, 2.05) is 0 Å². The maximum Gasteiger partial charge on any atom is 0.287 e. The van der Waals surface area contributed by atoms with Gasteiger partial charge in [0, 0.05) is 12.1 Å². The molecule has 4 nitrogen and oxygen atoms in total. The number of amides is 1. The second-order valence-electron chi connectivity index (χ2n) is 4.13. The maximum absolute atomic E-state index is 11.8. The van der Waals surface area contributed by atoms with E-state index in [1.165, 1.54) is 0 Å². The van der Waals surface area contributed by atoms with Crippen LogP contribution in [0.25, 0.3) is 0 Å². The molecule has 0 spiro atoms. The lowest BCUT2D eigenvalue weighted by atomic mass is 9.91. The molecule has 0 bridgehead atoms. The van der Waals surface area contributed by atoms with Crippen molar-refractivity contribution in [3.8, 4) is 0 Å². The lowest BCUT2D eigenvalue weighted by molar-refractivity contribution is 0.0892. The van der Waals surface area contributed by atoms with Gasteiger partial charge in [-0.05, 0) is 40.9 Å². The first-order valence-corrected chi connectivity index (χ1v) is 6.28. The lowest BCUT2D eigenvalue weighted by Crippen LogP contribution is -2.49. The average Bonchev–Trinajstić information content (AvgIpc) is 2.68. The quantitative estimate of drug-likeness (QED) is 0.874. The highest BCUT2D eigenvalue weighted by molar-refractivity contribution is 9.10. The zero-order chi connectivity index (χ0) is 11.5. The van der Waals surface area contributed by atoms with Crippen LogP contribution in [0.15, 0.2) is 21.2 Å². The number of rotatable bonds is 2. The number of hydrogen-bond acceptors (Lipinski definition) is 3. The van der Waals surface area contributed by atoms with Crippen LogP contribution >= 0.6 is 15.9 Å². The first-order valence-electron chi connectivity index (χ1n) is 5.48. The SMILES string of the molecule is NC1CCCCC1NC(=O)c1ccc(Br)o1. The molecule has 0 saturated heterocycles. The van der Waals surface area contributed by atoms with Gasteiger partial charge in [0.15, 0.2) is 10.4 Å². The number of nitrogens with two attached hydrogens (primary N) is 1. The molecule has 1 aliphatic rings. The van der Waals surface area contributed by atoms with Crippen LogP contribution in [0.5, 0.6) is 0 Å². The average molecular weight is 287 g/mol. The van der Waals surface area contributed by atoms with Crippen LogP contribution in [0.2, 0.25) is 0 Å². The van der Waals surface area contributed by atoms with Crippen molar-refractivity contribution >= 4 is 21.8 Å². The fourth-order valence-corrected chi connectivity index (χ4v) is 2.32. The van der Waals surface area contributed by atoms with Gasteiger partial charge < -0.3 is 15.5 Å². The Kier molecular flexibility index (Phi) is 3.66. The van der Waals surface area contributed by atoms with E-state index in [0.717, 1.165) is 25.7 Å². The van der Waals surface area contributed by atoms with Crippen molar-refractivity contribution in [2.24, 2.45) is 5.73 Å². The summed E-state index contributed by atoms with van der Waals surface area (Å²) < 4.78 is 5.75. The summed E-state index contributed by atoms with van der Waals surface area (Å²) in [6, 6.07) is 3.49. The van der Waals surface area contributed by atoms with Gasteiger partial charge in [0.2, 0.25) is 0 Å². The molecule has 16 heavy (non-hydrogen) atoms. The van der Waals surface area contributed by atoms with Crippen molar-refractivity contribution in [2.75, 3.05) is 0 Å². The molecule has 0 aliphatic heterocycles. The molecule has 2 unspecified atom stereocenters. The first-order chi connectivity index (χ1) is 7.66. The van der Waals surface area contributed by atoms with E-state index >= 15 is 0 Å². The van der Waals surface area contributed by atoms with Crippen molar-refractivity contribution in [3.63, 3.8) is 0 Å². The Morgan fingerprint density at radius 1 is 1.44 bits per heavy atom. The summed E-state index contributed by atoms with van der Waals surface area (Å²) in [5.41, 5.74) is 5.96. The Hall–Kier alpha value is -0.810. The molecule has 1 aromatic rings. The highest BCUT2D eigenvalue weighted by Crippen LogP contribution is 2.18. The predicted octanol–water partition coefficient (Wildman–Crippen LogP) is 2.04. The third-order valence-electron chi connectivity index (χ3n) is 2.93. The van der Waals surface area contributed by atoms with Crippen LogP contribution in [0, 0.1) is 0 Å². The molecule has 1 amide bonds. The highest BCUT2D eigenvalue weighted by Gasteiger charge is 2.24. The molecule has 0 radical (unpaired) electrons. The molecule has 1 aliphatic carbocycles. The van der Waals surface area contributed by atoms with Gasteiger partial charge in [0.05, 0.1) is 0 Å². The minimum atomic E-state index is -0.187. The van der Waals surface area contributed by atoms with Gasteiger partial charge in [-0.1, -0.05) is 12.8 Å². The topological polar surface area (TPSA) is 68.3 Å². The molecule has 2 rings (SSSR count). The number of nitrogens with one attached hydrogen (secondary N) is 1. The summed E-state index contributed by atoms with van der Waals surface area (Å²) in [6.07, 6.45) is 4.21. The monoisotopic (exact) mass is 286 g/mol. The van der Waals surface area contributed by atoms with E-state index in [4.69, 9.17) is 10.2 Å². The Morgan fingerprint density at radius 2 is 2.19 bits per heavy atom. The summed E-state index contributed by atoms with van der Waals surface area (Å²) in [5, 5.41) is 2.92. The van der Waals surface area contributed by atoms with Crippen molar-refractivity contribution in [1.29, 1.82) is 0 Å². The van der Waals surface area contributed by atoms with Crippen molar-refractivity contribution < 1.29 is 9.21 Å². The largest absolute Gasteiger partial charge is 0.444 e. The molecule has 1 aromatic heterocycles. The molecule has 1 fully saturated rings. The molecular weight excluding hydrogens is 272 g/mol. The van der Waals surface area contributed by atoms with E-state index < -0.39 is 0 Å². The number of furan rings is 1. The fourth-order valence-electron chi connectivity index (χ4n) is 2.01. The highest BCUT2D eigenvalue weighted by atomic mass is 79.9. The number of carbonyl (C=O) groups excluding carboxylic acids is 1. The zero-order valence-corrected chi connectivity index (χ0v) is 10.5. The molecule has 5 heteroatoms.